The molecular formula is C15H19N3O2. The van der Waals surface area contributed by atoms with Crippen LogP contribution in [0.2, 0.25) is 0 Å². The van der Waals surface area contributed by atoms with Crippen molar-refractivity contribution >= 4 is 16.8 Å². The average Bonchev–Trinajstić information content (AvgIpc) is 3.20. The Morgan fingerprint density at radius 3 is 3.20 bits per heavy atom. The highest BCUT2D eigenvalue weighted by Gasteiger charge is 2.28. The predicted molar refractivity (Wildman–Crippen MR) is 77.0 cm³/mol. The summed E-state index contributed by atoms with van der Waals surface area (Å²) in [6.45, 7) is 3.36. The van der Waals surface area contributed by atoms with Crippen molar-refractivity contribution in [2.75, 3.05) is 31.2 Å². The third-order valence-corrected chi connectivity index (χ3v) is 4.08. The highest BCUT2D eigenvalue weighted by Crippen LogP contribution is 2.28. The summed E-state index contributed by atoms with van der Waals surface area (Å²) < 4.78 is 11.1. The molecule has 5 nitrogen and oxygen atoms in total. The minimum absolute atomic E-state index is 0.345. The highest BCUT2D eigenvalue weighted by atomic mass is 16.5. The number of hydrogen-bond acceptors (Lipinski definition) is 5. The molecule has 2 aromatic heterocycles. The summed E-state index contributed by atoms with van der Waals surface area (Å²) >= 11 is 0. The number of aromatic nitrogens is 1. The standard InChI is InChI=1S/C15H19N3O2/c1-2-11(1)17-9-12-10-19-8-6-18(12)15-13-4-7-20-14(13)3-5-16-15/h3-5,7,11-12,17H,1-2,6,8-10H2. The molecule has 2 aromatic rings. The van der Waals surface area contributed by atoms with E-state index in [1.807, 2.05) is 18.3 Å². The van der Waals surface area contributed by atoms with E-state index in [9.17, 15) is 0 Å². The Balaban J connectivity index is 1.61. The van der Waals surface area contributed by atoms with Gasteiger partial charge in [-0.3, -0.25) is 0 Å². The molecule has 1 saturated heterocycles. The lowest BCUT2D eigenvalue weighted by atomic mass is 10.2. The molecule has 1 unspecified atom stereocenters. The van der Waals surface area contributed by atoms with Crippen LogP contribution in [-0.4, -0.2) is 43.4 Å². The predicted octanol–water partition coefficient (Wildman–Crippen LogP) is 1.78. The van der Waals surface area contributed by atoms with E-state index in [-0.39, 0.29) is 0 Å². The molecule has 20 heavy (non-hydrogen) atoms. The smallest absolute Gasteiger partial charge is 0.140 e. The summed E-state index contributed by atoms with van der Waals surface area (Å²) in [7, 11) is 0. The van der Waals surface area contributed by atoms with Crippen molar-refractivity contribution in [2.24, 2.45) is 0 Å². The van der Waals surface area contributed by atoms with Crippen LogP contribution in [0.3, 0.4) is 0 Å². The van der Waals surface area contributed by atoms with E-state index in [1.165, 1.54) is 12.8 Å². The SMILES string of the molecule is c1cc2occc2c(N2CCOCC2CNC2CC2)n1. The number of nitrogens with one attached hydrogen (secondary N) is 1. The lowest BCUT2D eigenvalue weighted by molar-refractivity contribution is 0.0934. The van der Waals surface area contributed by atoms with Crippen LogP contribution in [0.15, 0.2) is 29.0 Å². The number of hydrogen-bond donors (Lipinski definition) is 1. The van der Waals surface area contributed by atoms with Gasteiger partial charge in [0.15, 0.2) is 0 Å². The molecule has 3 heterocycles. The van der Waals surface area contributed by atoms with Gasteiger partial charge in [0.2, 0.25) is 0 Å². The third-order valence-electron chi connectivity index (χ3n) is 4.08. The van der Waals surface area contributed by atoms with Gasteiger partial charge in [0, 0.05) is 25.3 Å². The molecule has 0 spiro atoms. The van der Waals surface area contributed by atoms with Crippen molar-refractivity contribution < 1.29 is 9.15 Å². The normalized spacial score (nSPS) is 23.4. The van der Waals surface area contributed by atoms with Gasteiger partial charge in [-0.1, -0.05) is 0 Å². The van der Waals surface area contributed by atoms with E-state index in [2.05, 4.69) is 15.2 Å². The second-order valence-corrected chi connectivity index (χ2v) is 5.57. The zero-order valence-corrected chi connectivity index (χ0v) is 11.4. The Hall–Kier alpha value is -1.59. The fraction of sp³-hybridized carbons (Fsp3) is 0.533. The van der Waals surface area contributed by atoms with Crippen LogP contribution in [0, 0.1) is 0 Å². The van der Waals surface area contributed by atoms with Gasteiger partial charge in [-0.05, 0) is 25.0 Å². The summed E-state index contributed by atoms with van der Waals surface area (Å²) in [6, 6.07) is 4.98. The molecule has 1 N–H and O–H groups in total. The maximum absolute atomic E-state index is 5.65. The monoisotopic (exact) mass is 273 g/mol. The molecule has 1 atom stereocenters. The van der Waals surface area contributed by atoms with Gasteiger partial charge in [-0.25, -0.2) is 4.98 Å². The zero-order chi connectivity index (χ0) is 13.4. The van der Waals surface area contributed by atoms with Crippen LogP contribution in [0.4, 0.5) is 5.82 Å². The first-order valence-corrected chi connectivity index (χ1v) is 7.32. The second-order valence-electron chi connectivity index (χ2n) is 5.57. The number of fused-ring (bicyclic) bond motifs is 1. The number of pyridine rings is 1. The first-order valence-electron chi connectivity index (χ1n) is 7.32. The second kappa shape index (κ2) is 5.07. The Kier molecular flexibility index (Phi) is 3.09. The Morgan fingerprint density at radius 2 is 2.30 bits per heavy atom. The first-order chi connectivity index (χ1) is 9.92. The lowest BCUT2D eigenvalue weighted by Gasteiger charge is -2.37. The molecule has 0 bridgehead atoms. The topological polar surface area (TPSA) is 50.5 Å². The molecule has 4 rings (SSSR count). The van der Waals surface area contributed by atoms with Crippen molar-refractivity contribution in [1.29, 1.82) is 0 Å². The summed E-state index contributed by atoms with van der Waals surface area (Å²) in [5.74, 6) is 1.02. The van der Waals surface area contributed by atoms with Crippen molar-refractivity contribution in [1.82, 2.24) is 10.3 Å². The van der Waals surface area contributed by atoms with Crippen LogP contribution in [0.1, 0.15) is 12.8 Å². The van der Waals surface area contributed by atoms with Gasteiger partial charge in [-0.15, -0.1) is 0 Å². The molecule has 1 saturated carbocycles. The quantitative estimate of drug-likeness (QED) is 0.920. The van der Waals surface area contributed by atoms with E-state index in [4.69, 9.17) is 9.15 Å². The molecule has 0 amide bonds. The van der Waals surface area contributed by atoms with Crippen LogP contribution in [0.5, 0.6) is 0 Å². The Labute approximate surface area is 117 Å². The van der Waals surface area contributed by atoms with Gasteiger partial charge in [0.05, 0.1) is 30.9 Å². The number of furan rings is 1. The first kappa shape index (κ1) is 12.2. The minimum Gasteiger partial charge on any atom is -0.464 e. The Bertz CT molecular complexity index is 594. The maximum atomic E-state index is 5.65. The minimum atomic E-state index is 0.345. The molecule has 0 radical (unpaired) electrons. The summed E-state index contributed by atoms with van der Waals surface area (Å²) in [4.78, 5) is 6.94. The summed E-state index contributed by atoms with van der Waals surface area (Å²) in [5.41, 5.74) is 0.899. The van der Waals surface area contributed by atoms with Crippen molar-refractivity contribution in [2.45, 2.75) is 24.9 Å². The molecular weight excluding hydrogens is 254 g/mol. The lowest BCUT2D eigenvalue weighted by Crippen LogP contribution is -2.51. The largest absolute Gasteiger partial charge is 0.464 e. The Morgan fingerprint density at radius 1 is 1.35 bits per heavy atom. The molecule has 106 valence electrons. The van der Waals surface area contributed by atoms with Gasteiger partial charge in [-0.2, -0.15) is 0 Å². The van der Waals surface area contributed by atoms with E-state index in [0.29, 0.717) is 6.04 Å². The highest BCUT2D eigenvalue weighted by molar-refractivity contribution is 5.88. The van der Waals surface area contributed by atoms with Crippen molar-refractivity contribution in [3.8, 4) is 0 Å². The van der Waals surface area contributed by atoms with E-state index in [1.54, 1.807) is 6.26 Å². The van der Waals surface area contributed by atoms with Gasteiger partial charge in [0.1, 0.15) is 11.4 Å². The van der Waals surface area contributed by atoms with Crippen LogP contribution in [0.25, 0.3) is 11.0 Å². The number of rotatable bonds is 4. The number of nitrogens with zero attached hydrogens (tertiary/aromatic N) is 2. The molecule has 2 aliphatic rings. The van der Waals surface area contributed by atoms with Gasteiger partial charge in [0.25, 0.3) is 0 Å². The fourth-order valence-corrected chi connectivity index (χ4v) is 2.80. The van der Waals surface area contributed by atoms with Gasteiger partial charge >= 0.3 is 0 Å². The third kappa shape index (κ3) is 2.27. The van der Waals surface area contributed by atoms with Crippen molar-refractivity contribution in [3.05, 3.63) is 24.6 Å². The maximum Gasteiger partial charge on any atom is 0.140 e. The number of morpholine rings is 1. The molecule has 5 heteroatoms. The van der Waals surface area contributed by atoms with Crippen LogP contribution < -0.4 is 10.2 Å². The van der Waals surface area contributed by atoms with E-state index in [0.717, 1.165) is 49.1 Å². The zero-order valence-electron chi connectivity index (χ0n) is 11.4. The van der Waals surface area contributed by atoms with Crippen LogP contribution >= 0.6 is 0 Å². The molecule has 2 fully saturated rings. The fourth-order valence-electron chi connectivity index (χ4n) is 2.80. The molecule has 0 aromatic carbocycles. The summed E-state index contributed by atoms with van der Waals surface area (Å²) in [5, 5.41) is 4.68. The molecule has 1 aliphatic carbocycles. The molecule has 1 aliphatic heterocycles. The summed E-state index contributed by atoms with van der Waals surface area (Å²) in [6.07, 6.45) is 6.17. The van der Waals surface area contributed by atoms with E-state index < -0.39 is 0 Å². The van der Waals surface area contributed by atoms with Gasteiger partial charge < -0.3 is 19.4 Å². The average molecular weight is 273 g/mol. The number of anilines is 1. The van der Waals surface area contributed by atoms with Crippen LogP contribution in [-0.2, 0) is 4.74 Å². The van der Waals surface area contributed by atoms with Crippen molar-refractivity contribution in [3.63, 3.8) is 0 Å². The number of ether oxygens (including phenoxy) is 1. The van der Waals surface area contributed by atoms with E-state index >= 15 is 0 Å².